The predicted molar refractivity (Wildman–Crippen MR) is 98.0 cm³/mol. The number of thioether (sulfide) groups is 1. The number of hydrogen-bond donors (Lipinski definition) is 1. The molecule has 26 heavy (non-hydrogen) atoms. The number of hydrogen-bond acceptors (Lipinski definition) is 4. The molecule has 0 amide bonds. The Kier molecular flexibility index (Phi) is 4.58. The maximum atomic E-state index is 12.9. The minimum absolute atomic E-state index is 0.00335. The number of alkyl halides is 2. The SMILES string of the molecule is O[C@]1(c2ccccc2OC(F)F)C[N+]2=C(SCCC2)N1c1ccccc1. The Hall–Kier alpha value is -2.12. The van der Waals surface area contributed by atoms with Crippen LogP contribution in [0.15, 0.2) is 54.6 Å². The number of rotatable bonds is 4. The fourth-order valence-electron chi connectivity index (χ4n) is 3.56. The number of amidine groups is 1. The summed E-state index contributed by atoms with van der Waals surface area (Å²) in [6.07, 6.45) is 1.02. The van der Waals surface area contributed by atoms with Crippen molar-refractivity contribution in [3.8, 4) is 5.75 Å². The van der Waals surface area contributed by atoms with Crippen LogP contribution in [0.3, 0.4) is 0 Å². The van der Waals surface area contributed by atoms with Gasteiger partial charge in [0.05, 0.1) is 12.1 Å². The Bertz CT molecular complexity index is 831. The highest BCUT2D eigenvalue weighted by molar-refractivity contribution is 8.14. The van der Waals surface area contributed by atoms with Crippen molar-refractivity contribution >= 4 is 22.6 Å². The van der Waals surface area contributed by atoms with Gasteiger partial charge in [-0.25, -0.2) is 4.58 Å². The number of anilines is 1. The number of benzene rings is 2. The predicted octanol–water partition coefficient (Wildman–Crippen LogP) is 3.46. The van der Waals surface area contributed by atoms with Crippen molar-refractivity contribution in [2.45, 2.75) is 18.8 Å². The molecule has 2 aromatic carbocycles. The van der Waals surface area contributed by atoms with Crippen LogP contribution in [-0.4, -0.2) is 40.3 Å². The molecular weight excluding hydrogens is 358 g/mol. The number of para-hydroxylation sites is 2. The summed E-state index contributed by atoms with van der Waals surface area (Å²) >= 11 is 1.67. The third-order valence-corrected chi connectivity index (χ3v) is 5.79. The molecule has 0 aromatic heterocycles. The summed E-state index contributed by atoms with van der Waals surface area (Å²) < 4.78 is 32.6. The fourth-order valence-corrected chi connectivity index (χ4v) is 4.74. The molecule has 4 rings (SSSR count). The minimum atomic E-state index is -2.95. The first kappa shape index (κ1) is 17.3. The van der Waals surface area contributed by atoms with Gasteiger partial charge in [-0.2, -0.15) is 13.7 Å². The lowest BCUT2D eigenvalue weighted by atomic mass is 10.00. The molecule has 0 radical (unpaired) electrons. The van der Waals surface area contributed by atoms with Gasteiger partial charge in [-0.3, -0.25) is 0 Å². The van der Waals surface area contributed by atoms with Gasteiger partial charge in [0.15, 0.2) is 6.54 Å². The first-order chi connectivity index (χ1) is 12.6. The minimum Gasteiger partial charge on any atom is -0.434 e. The molecule has 2 aromatic rings. The Morgan fingerprint density at radius 1 is 1.12 bits per heavy atom. The van der Waals surface area contributed by atoms with E-state index in [1.807, 2.05) is 35.2 Å². The standard InChI is InChI=1S/C19H19F2N2O2S/c20-17(21)25-16-10-5-4-9-15(16)19(24)13-22-11-6-12-26-18(22)23(19)14-7-2-1-3-8-14/h1-5,7-10,17,24H,6,11-13H2/q+1/t19-/m0/s1. The van der Waals surface area contributed by atoms with E-state index in [1.165, 1.54) is 6.07 Å². The zero-order chi connectivity index (χ0) is 18.1. The van der Waals surface area contributed by atoms with Crippen molar-refractivity contribution in [1.29, 1.82) is 0 Å². The molecule has 0 bridgehead atoms. The second kappa shape index (κ2) is 6.89. The zero-order valence-corrected chi connectivity index (χ0v) is 14.8. The molecule has 4 nitrogen and oxygen atoms in total. The van der Waals surface area contributed by atoms with Crippen LogP contribution < -0.4 is 9.64 Å². The number of halogens is 2. The molecule has 2 aliphatic rings. The molecule has 2 heterocycles. The molecule has 1 atom stereocenters. The van der Waals surface area contributed by atoms with E-state index in [0.29, 0.717) is 12.1 Å². The van der Waals surface area contributed by atoms with Crippen LogP contribution in [0, 0.1) is 0 Å². The number of ether oxygens (including phenoxy) is 1. The molecule has 0 saturated carbocycles. The highest BCUT2D eigenvalue weighted by Gasteiger charge is 2.56. The highest BCUT2D eigenvalue weighted by atomic mass is 32.2. The summed E-state index contributed by atoms with van der Waals surface area (Å²) in [6, 6.07) is 16.0. The normalized spacial score (nSPS) is 22.7. The summed E-state index contributed by atoms with van der Waals surface area (Å²) in [7, 11) is 0. The van der Waals surface area contributed by atoms with Gasteiger partial charge in [0.1, 0.15) is 11.4 Å². The molecule has 0 aliphatic carbocycles. The molecule has 136 valence electrons. The summed E-state index contributed by atoms with van der Waals surface area (Å²) in [5, 5.41) is 12.7. The summed E-state index contributed by atoms with van der Waals surface area (Å²) in [6.45, 7) is -1.82. The third-order valence-electron chi connectivity index (χ3n) is 4.60. The van der Waals surface area contributed by atoms with Crippen molar-refractivity contribution in [2.75, 3.05) is 23.7 Å². The Morgan fingerprint density at radius 2 is 1.85 bits per heavy atom. The van der Waals surface area contributed by atoms with E-state index in [-0.39, 0.29) is 5.75 Å². The van der Waals surface area contributed by atoms with Crippen molar-refractivity contribution in [3.05, 3.63) is 60.2 Å². The van der Waals surface area contributed by atoms with Gasteiger partial charge in [0, 0.05) is 5.75 Å². The second-order valence-electron chi connectivity index (χ2n) is 6.27. The van der Waals surface area contributed by atoms with E-state index in [0.717, 1.165) is 29.6 Å². The van der Waals surface area contributed by atoms with Crippen LogP contribution in [0.25, 0.3) is 0 Å². The van der Waals surface area contributed by atoms with Crippen LogP contribution in [0.4, 0.5) is 14.5 Å². The quantitative estimate of drug-likeness (QED) is 0.828. The van der Waals surface area contributed by atoms with E-state index in [9.17, 15) is 13.9 Å². The van der Waals surface area contributed by atoms with Gasteiger partial charge in [0.25, 0.3) is 5.72 Å². The van der Waals surface area contributed by atoms with Crippen molar-refractivity contribution in [3.63, 3.8) is 0 Å². The molecule has 0 saturated heterocycles. The summed E-state index contributed by atoms with van der Waals surface area (Å²) in [5.41, 5.74) is -0.333. The summed E-state index contributed by atoms with van der Waals surface area (Å²) in [5.74, 6) is 0.955. The Morgan fingerprint density at radius 3 is 2.62 bits per heavy atom. The average molecular weight is 377 g/mol. The Labute approximate surface area is 154 Å². The number of nitrogens with zero attached hydrogens (tertiary/aromatic N) is 2. The van der Waals surface area contributed by atoms with Gasteiger partial charge >= 0.3 is 11.8 Å². The van der Waals surface area contributed by atoms with E-state index in [1.54, 1.807) is 30.0 Å². The van der Waals surface area contributed by atoms with Crippen molar-refractivity contribution in [2.24, 2.45) is 0 Å². The Balaban J connectivity index is 1.84. The van der Waals surface area contributed by atoms with Crippen LogP contribution in [0.5, 0.6) is 5.75 Å². The molecule has 0 fully saturated rings. The maximum absolute atomic E-state index is 12.9. The van der Waals surface area contributed by atoms with Crippen molar-refractivity contribution < 1.29 is 23.2 Å². The first-order valence-electron chi connectivity index (χ1n) is 8.46. The maximum Gasteiger partial charge on any atom is 0.387 e. The molecule has 7 heteroatoms. The third kappa shape index (κ3) is 2.95. The topological polar surface area (TPSA) is 35.7 Å². The van der Waals surface area contributed by atoms with Crippen LogP contribution >= 0.6 is 11.8 Å². The lowest BCUT2D eigenvalue weighted by Crippen LogP contribution is -2.47. The number of aliphatic hydroxyl groups is 1. The largest absolute Gasteiger partial charge is 0.434 e. The van der Waals surface area contributed by atoms with E-state index in [4.69, 9.17) is 4.74 Å². The van der Waals surface area contributed by atoms with Gasteiger partial charge in [-0.05, 0) is 42.4 Å². The van der Waals surface area contributed by atoms with Crippen molar-refractivity contribution in [1.82, 2.24) is 0 Å². The summed E-state index contributed by atoms with van der Waals surface area (Å²) in [4.78, 5) is 1.84. The second-order valence-corrected chi connectivity index (χ2v) is 7.33. The molecule has 1 N–H and O–H groups in total. The van der Waals surface area contributed by atoms with E-state index >= 15 is 0 Å². The average Bonchev–Trinajstić information content (AvgIpc) is 2.95. The van der Waals surface area contributed by atoms with Gasteiger partial charge in [-0.15, -0.1) is 0 Å². The van der Waals surface area contributed by atoms with Crippen LogP contribution in [0.1, 0.15) is 12.0 Å². The van der Waals surface area contributed by atoms with Gasteiger partial charge in [0.2, 0.25) is 0 Å². The van der Waals surface area contributed by atoms with E-state index < -0.39 is 12.3 Å². The fraction of sp³-hybridized carbons (Fsp3) is 0.316. The smallest absolute Gasteiger partial charge is 0.387 e. The zero-order valence-electron chi connectivity index (χ0n) is 14.0. The molecule has 2 aliphatic heterocycles. The van der Waals surface area contributed by atoms with Crippen LogP contribution in [-0.2, 0) is 5.72 Å². The first-order valence-corrected chi connectivity index (χ1v) is 9.45. The highest BCUT2D eigenvalue weighted by Crippen LogP contribution is 2.42. The lowest BCUT2D eigenvalue weighted by molar-refractivity contribution is -0.532. The monoisotopic (exact) mass is 377 g/mol. The lowest BCUT2D eigenvalue weighted by Gasteiger charge is -2.29. The van der Waals surface area contributed by atoms with E-state index in [2.05, 4.69) is 4.58 Å². The molecule has 0 spiro atoms. The molecule has 0 unspecified atom stereocenters. The van der Waals surface area contributed by atoms with Crippen LogP contribution in [0.2, 0.25) is 0 Å². The van der Waals surface area contributed by atoms with Gasteiger partial charge in [-0.1, -0.05) is 30.3 Å². The van der Waals surface area contributed by atoms with Gasteiger partial charge < -0.3 is 9.84 Å². The molecular formula is C19H19F2N2O2S+.